The van der Waals surface area contributed by atoms with Crippen LogP contribution < -0.4 is 4.74 Å². The van der Waals surface area contributed by atoms with E-state index in [0.717, 1.165) is 16.3 Å². The molecule has 0 radical (unpaired) electrons. The fourth-order valence-corrected chi connectivity index (χ4v) is 1.73. The molecule has 0 atom stereocenters. The van der Waals surface area contributed by atoms with Crippen molar-refractivity contribution >= 4 is 17.5 Å². The van der Waals surface area contributed by atoms with E-state index in [2.05, 4.69) is 0 Å². The van der Waals surface area contributed by atoms with Crippen molar-refractivity contribution in [3.8, 4) is 11.5 Å². The molecule has 0 amide bonds. The van der Waals surface area contributed by atoms with Crippen molar-refractivity contribution in [2.75, 3.05) is 7.11 Å². The molecule has 0 aliphatic heterocycles. The summed E-state index contributed by atoms with van der Waals surface area (Å²) in [4.78, 5) is 0. The Morgan fingerprint density at radius 1 is 1.05 bits per heavy atom. The van der Waals surface area contributed by atoms with Gasteiger partial charge in [0.1, 0.15) is 11.5 Å². The van der Waals surface area contributed by atoms with Crippen LogP contribution >= 0.6 is 11.6 Å². The van der Waals surface area contributed by atoms with Gasteiger partial charge in [0, 0.05) is 10.6 Å². The Hall–Kier alpha value is -2.00. The van der Waals surface area contributed by atoms with Gasteiger partial charge >= 0.3 is 0 Å². The number of hydrogen-bond donors (Lipinski definition) is 1. The quantitative estimate of drug-likeness (QED) is 0.666. The summed E-state index contributed by atoms with van der Waals surface area (Å²) in [6.45, 7) is 1.93. The van der Waals surface area contributed by atoms with Crippen molar-refractivity contribution in [2.24, 2.45) is 0 Å². The molecule has 3 nitrogen and oxygen atoms in total. The minimum atomic E-state index is 0.133. The van der Waals surface area contributed by atoms with Crippen LogP contribution in [0.1, 0.15) is 11.1 Å². The number of halogens is 1. The predicted octanol–water partition coefficient (Wildman–Crippen LogP) is 4.41. The molecule has 19 heavy (non-hydrogen) atoms. The van der Waals surface area contributed by atoms with Crippen molar-refractivity contribution in [1.29, 1.82) is 5.41 Å². The third-order valence-corrected chi connectivity index (χ3v) is 3.11. The maximum atomic E-state index is 7.54. The van der Waals surface area contributed by atoms with Crippen molar-refractivity contribution in [2.45, 2.75) is 6.92 Å². The number of nitrogens with one attached hydrogen (secondary N) is 1. The van der Waals surface area contributed by atoms with Crippen LogP contribution in [-0.2, 0) is 4.74 Å². The summed E-state index contributed by atoms with van der Waals surface area (Å²) in [6, 6.07) is 12.7. The van der Waals surface area contributed by atoms with Crippen molar-refractivity contribution in [3.63, 3.8) is 0 Å². The van der Waals surface area contributed by atoms with Crippen molar-refractivity contribution < 1.29 is 9.47 Å². The maximum absolute atomic E-state index is 7.54. The van der Waals surface area contributed by atoms with Crippen LogP contribution in [0.5, 0.6) is 11.5 Å². The van der Waals surface area contributed by atoms with Gasteiger partial charge in [-0.2, -0.15) is 0 Å². The molecule has 98 valence electrons. The largest absolute Gasteiger partial charge is 0.481 e. The summed E-state index contributed by atoms with van der Waals surface area (Å²) in [5, 5.41) is 8.26. The van der Waals surface area contributed by atoms with E-state index in [0.29, 0.717) is 11.3 Å². The number of rotatable bonds is 3. The number of ether oxygens (including phenoxy) is 2. The maximum Gasteiger partial charge on any atom is 0.212 e. The monoisotopic (exact) mass is 275 g/mol. The number of benzene rings is 2. The minimum absolute atomic E-state index is 0.133. The predicted molar refractivity (Wildman–Crippen MR) is 76.5 cm³/mol. The van der Waals surface area contributed by atoms with E-state index in [1.165, 1.54) is 7.11 Å². The zero-order valence-corrected chi connectivity index (χ0v) is 11.5. The smallest absolute Gasteiger partial charge is 0.212 e. The standard InChI is InChI=1S/C15H14ClNO2/c1-10-9-13(7-8-14(10)16)19-12-5-3-11(4-6-12)15(17)18-2/h3-9,17H,1-2H3. The molecule has 0 aliphatic carbocycles. The lowest BCUT2D eigenvalue weighted by atomic mass is 10.2. The molecule has 0 aromatic heterocycles. The molecule has 0 heterocycles. The van der Waals surface area contributed by atoms with Gasteiger partial charge in [-0.1, -0.05) is 11.6 Å². The molecule has 0 fully saturated rings. The van der Waals surface area contributed by atoms with Gasteiger partial charge in [-0.15, -0.1) is 0 Å². The average Bonchev–Trinajstić information content (AvgIpc) is 2.43. The third kappa shape index (κ3) is 3.26. The lowest BCUT2D eigenvalue weighted by Gasteiger charge is -2.08. The molecule has 0 unspecified atom stereocenters. The highest BCUT2D eigenvalue weighted by atomic mass is 35.5. The minimum Gasteiger partial charge on any atom is -0.481 e. The first-order valence-corrected chi connectivity index (χ1v) is 6.15. The highest BCUT2D eigenvalue weighted by Gasteiger charge is 2.03. The van der Waals surface area contributed by atoms with E-state index >= 15 is 0 Å². The lowest BCUT2D eigenvalue weighted by molar-refractivity contribution is 0.401. The van der Waals surface area contributed by atoms with Gasteiger partial charge in [0.05, 0.1) is 7.11 Å². The molecule has 2 aromatic carbocycles. The van der Waals surface area contributed by atoms with Gasteiger partial charge in [-0.25, -0.2) is 0 Å². The van der Waals surface area contributed by atoms with Crippen LogP contribution in [0.2, 0.25) is 5.02 Å². The summed E-state index contributed by atoms with van der Waals surface area (Å²) < 4.78 is 10.6. The first-order chi connectivity index (χ1) is 9.10. The third-order valence-electron chi connectivity index (χ3n) is 2.69. The Morgan fingerprint density at radius 3 is 2.26 bits per heavy atom. The number of aryl methyl sites for hydroxylation is 1. The fraction of sp³-hybridized carbons (Fsp3) is 0.133. The first kappa shape index (κ1) is 13.4. The zero-order valence-electron chi connectivity index (χ0n) is 10.7. The summed E-state index contributed by atoms with van der Waals surface area (Å²) in [5.74, 6) is 1.57. The van der Waals surface area contributed by atoms with Crippen LogP contribution in [0, 0.1) is 12.3 Å². The van der Waals surface area contributed by atoms with Crippen molar-refractivity contribution in [3.05, 3.63) is 58.6 Å². The first-order valence-electron chi connectivity index (χ1n) is 5.77. The SMILES string of the molecule is COC(=N)c1ccc(Oc2ccc(Cl)c(C)c2)cc1. The summed E-state index contributed by atoms with van der Waals surface area (Å²) in [7, 11) is 1.48. The molecule has 2 aromatic rings. The highest BCUT2D eigenvalue weighted by Crippen LogP contribution is 2.26. The van der Waals surface area contributed by atoms with E-state index in [1.54, 1.807) is 30.3 Å². The second-order valence-electron chi connectivity index (χ2n) is 4.07. The van der Waals surface area contributed by atoms with Gasteiger partial charge in [-0.3, -0.25) is 5.41 Å². The molecular formula is C15H14ClNO2. The molecular weight excluding hydrogens is 262 g/mol. The Labute approximate surface area is 117 Å². The molecule has 0 saturated heterocycles. The van der Waals surface area contributed by atoms with E-state index in [4.69, 9.17) is 26.5 Å². The second kappa shape index (κ2) is 5.76. The van der Waals surface area contributed by atoms with Crippen LogP contribution in [0.15, 0.2) is 42.5 Å². The normalized spacial score (nSPS) is 10.1. The van der Waals surface area contributed by atoms with Gasteiger partial charge in [-0.05, 0) is 55.0 Å². The van der Waals surface area contributed by atoms with E-state index in [-0.39, 0.29) is 5.90 Å². The molecule has 0 bridgehead atoms. The van der Waals surface area contributed by atoms with E-state index in [9.17, 15) is 0 Å². The van der Waals surface area contributed by atoms with Crippen molar-refractivity contribution in [1.82, 2.24) is 0 Å². The number of hydrogen-bond acceptors (Lipinski definition) is 3. The van der Waals surface area contributed by atoms with E-state index in [1.807, 2.05) is 19.1 Å². The van der Waals surface area contributed by atoms with E-state index < -0.39 is 0 Å². The average molecular weight is 276 g/mol. The zero-order chi connectivity index (χ0) is 13.8. The second-order valence-corrected chi connectivity index (χ2v) is 4.48. The summed E-state index contributed by atoms with van der Waals surface area (Å²) in [5.41, 5.74) is 1.68. The van der Waals surface area contributed by atoms with Gasteiger partial charge < -0.3 is 9.47 Å². The van der Waals surface area contributed by atoms with Gasteiger partial charge in [0.25, 0.3) is 0 Å². The molecule has 0 aliphatic rings. The number of methoxy groups -OCH3 is 1. The Bertz CT molecular complexity index is 594. The van der Waals surface area contributed by atoms with Crippen LogP contribution in [0.25, 0.3) is 0 Å². The Morgan fingerprint density at radius 2 is 1.68 bits per heavy atom. The van der Waals surface area contributed by atoms with Gasteiger partial charge in [0.15, 0.2) is 0 Å². The summed E-state index contributed by atoms with van der Waals surface area (Å²) in [6.07, 6.45) is 0. The molecule has 0 saturated carbocycles. The molecule has 1 N–H and O–H groups in total. The Balaban J connectivity index is 2.15. The Kier molecular flexibility index (Phi) is 4.07. The van der Waals surface area contributed by atoms with Crippen LogP contribution in [-0.4, -0.2) is 13.0 Å². The van der Waals surface area contributed by atoms with Crippen LogP contribution in [0.4, 0.5) is 0 Å². The van der Waals surface area contributed by atoms with Gasteiger partial charge in [0.2, 0.25) is 5.90 Å². The lowest BCUT2D eigenvalue weighted by Crippen LogP contribution is -2.00. The summed E-state index contributed by atoms with van der Waals surface area (Å²) >= 11 is 5.96. The molecule has 2 rings (SSSR count). The molecule has 0 spiro atoms. The highest BCUT2D eigenvalue weighted by molar-refractivity contribution is 6.31. The fourth-order valence-electron chi connectivity index (χ4n) is 1.61. The topological polar surface area (TPSA) is 42.3 Å². The molecule has 4 heteroatoms. The van der Waals surface area contributed by atoms with Crippen LogP contribution in [0.3, 0.4) is 0 Å².